The molecule has 1 aliphatic rings. The van der Waals surface area contributed by atoms with Crippen LogP contribution < -0.4 is 5.32 Å². The van der Waals surface area contributed by atoms with Crippen LogP contribution in [0.2, 0.25) is 10.0 Å². The van der Waals surface area contributed by atoms with Gasteiger partial charge in [0.15, 0.2) is 0 Å². The maximum absolute atomic E-state index is 12.3. The SMILES string of the molecule is CC(C(=O)NC1CC1)n1c(CCl)nc2cc(Cl)c(Cl)cc21. The number of benzene rings is 1. The first-order valence-corrected chi connectivity index (χ1v) is 8.02. The topological polar surface area (TPSA) is 46.9 Å². The molecule has 4 nitrogen and oxygen atoms in total. The van der Waals surface area contributed by atoms with Gasteiger partial charge in [-0.2, -0.15) is 0 Å². The average molecular weight is 347 g/mol. The number of carbonyl (C=O) groups excluding carboxylic acids is 1. The number of halogens is 3. The first-order chi connectivity index (χ1) is 10.0. The molecule has 1 saturated carbocycles. The van der Waals surface area contributed by atoms with E-state index in [9.17, 15) is 4.79 Å². The van der Waals surface area contributed by atoms with Gasteiger partial charge in [0.05, 0.1) is 27.0 Å². The summed E-state index contributed by atoms with van der Waals surface area (Å²) in [7, 11) is 0. The van der Waals surface area contributed by atoms with Gasteiger partial charge in [-0.3, -0.25) is 4.79 Å². The summed E-state index contributed by atoms with van der Waals surface area (Å²) in [5.74, 6) is 0.808. The summed E-state index contributed by atoms with van der Waals surface area (Å²) < 4.78 is 1.82. The van der Waals surface area contributed by atoms with Crippen LogP contribution in [0.1, 0.15) is 31.6 Å². The van der Waals surface area contributed by atoms with Crippen molar-refractivity contribution in [1.82, 2.24) is 14.9 Å². The Labute approximate surface area is 137 Å². The third kappa shape index (κ3) is 2.85. The van der Waals surface area contributed by atoms with Crippen LogP contribution >= 0.6 is 34.8 Å². The van der Waals surface area contributed by atoms with Crippen molar-refractivity contribution in [3.05, 3.63) is 28.0 Å². The van der Waals surface area contributed by atoms with Gasteiger partial charge in [-0.1, -0.05) is 23.2 Å². The molecule has 0 aliphatic heterocycles. The Morgan fingerprint density at radius 3 is 2.71 bits per heavy atom. The van der Waals surface area contributed by atoms with E-state index in [0.717, 1.165) is 18.4 Å². The molecule has 1 aromatic carbocycles. The fourth-order valence-corrected chi connectivity index (χ4v) is 2.84. The Kier molecular flexibility index (Phi) is 4.04. The lowest BCUT2D eigenvalue weighted by molar-refractivity contribution is -0.123. The number of hydrogen-bond acceptors (Lipinski definition) is 2. The first kappa shape index (κ1) is 14.9. The van der Waals surface area contributed by atoms with Crippen molar-refractivity contribution >= 4 is 51.7 Å². The average Bonchev–Trinajstić information content (AvgIpc) is 3.19. The normalized spacial score (nSPS) is 16.2. The number of carbonyl (C=O) groups is 1. The molecule has 2 aromatic rings. The summed E-state index contributed by atoms with van der Waals surface area (Å²) in [5, 5.41) is 3.86. The van der Waals surface area contributed by atoms with Crippen LogP contribution in [0.5, 0.6) is 0 Å². The molecule has 1 amide bonds. The van der Waals surface area contributed by atoms with E-state index in [1.54, 1.807) is 12.1 Å². The van der Waals surface area contributed by atoms with E-state index in [0.29, 0.717) is 27.4 Å². The monoisotopic (exact) mass is 345 g/mol. The highest BCUT2D eigenvalue weighted by molar-refractivity contribution is 6.42. The molecule has 1 heterocycles. The predicted octanol–water partition coefficient (Wildman–Crippen LogP) is 3.92. The van der Waals surface area contributed by atoms with Gasteiger partial charge in [0.25, 0.3) is 0 Å². The van der Waals surface area contributed by atoms with Gasteiger partial charge in [-0.25, -0.2) is 4.98 Å². The smallest absolute Gasteiger partial charge is 0.243 e. The maximum Gasteiger partial charge on any atom is 0.243 e. The molecule has 1 unspecified atom stereocenters. The summed E-state index contributed by atoms with van der Waals surface area (Å²) >= 11 is 18.1. The standard InChI is InChI=1S/C14H14Cl3N3O/c1-7(14(21)18-8-2-3-8)20-12-5-10(17)9(16)4-11(12)19-13(20)6-15/h4-5,7-8H,2-3,6H2,1H3,(H,18,21). The summed E-state index contributed by atoms with van der Waals surface area (Å²) in [4.78, 5) is 16.7. The van der Waals surface area contributed by atoms with E-state index in [-0.39, 0.29) is 11.8 Å². The van der Waals surface area contributed by atoms with Crippen LogP contribution in [0.25, 0.3) is 11.0 Å². The zero-order chi connectivity index (χ0) is 15.1. The van der Waals surface area contributed by atoms with Crippen molar-refractivity contribution < 1.29 is 4.79 Å². The van der Waals surface area contributed by atoms with Crippen LogP contribution in [0.15, 0.2) is 12.1 Å². The van der Waals surface area contributed by atoms with E-state index >= 15 is 0 Å². The van der Waals surface area contributed by atoms with Crippen LogP contribution in [-0.4, -0.2) is 21.5 Å². The van der Waals surface area contributed by atoms with Gasteiger partial charge in [-0.05, 0) is 31.9 Å². The number of fused-ring (bicyclic) bond motifs is 1. The van der Waals surface area contributed by atoms with Crippen molar-refractivity contribution in [2.75, 3.05) is 0 Å². The lowest BCUT2D eigenvalue weighted by Crippen LogP contribution is -2.33. The zero-order valence-electron chi connectivity index (χ0n) is 11.4. The van der Waals surface area contributed by atoms with E-state index in [2.05, 4.69) is 10.3 Å². The summed E-state index contributed by atoms with van der Waals surface area (Å²) in [6.07, 6.45) is 2.10. The van der Waals surface area contributed by atoms with Gasteiger partial charge in [0.1, 0.15) is 11.9 Å². The Bertz CT molecular complexity index is 709. The molecule has 0 bridgehead atoms. The van der Waals surface area contributed by atoms with E-state index in [1.807, 2.05) is 11.5 Å². The van der Waals surface area contributed by atoms with Gasteiger partial charge >= 0.3 is 0 Å². The molecule has 0 radical (unpaired) electrons. The Balaban J connectivity index is 2.06. The Morgan fingerprint density at radius 2 is 2.10 bits per heavy atom. The minimum Gasteiger partial charge on any atom is -0.352 e. The minimum atomic E-state index is -0.401. The van der Waals surface area contributed by atoms with Crippen molar-refractivity contribution in [1.29, 1.82) is 0 Å². The number of imidazole rings is 1. The summed E-state index contributed by atoms with van der Waals surface area (Å²) in [6.45, 7) is 1.83. The number of aromatic nitrogens is 2. The first-order valence-electron chi connectivity index (χ1n) is 6.73. The van der Waals surface area contributed by atoms with Gasteiger partial charge < -0.3 is 9.88 Å². The van der Waals surface area contributed by atoms with Crippen LogP contribution in [0.3, 0.4) is 0 Å². The van der Waals surface area contributed by atoms with Crippen molar-refractivity contribution in [2.24, 2.45) is 0 Å². The number of alkyl halides is 1. The van der Waals surface area contributed by atoms with Crippen molar-refractivity contribution in [2.45, 2.75) is 37.7 Å². The molecule has 3 rings (SSSR count). The van der Waals surface area contributed by atoms with Crippen LogP contribution in [0, 0.1) is 0 Å². The maximum atomic E-state index is 12.3. The van der Waals surface area contributed by atoms with Gasteiger partial charge in [0.2, 0.25) is 5.91 Å². The molecule has 1 N–H and O–H groups in total. The molecule has 0 saturated heterocycles. The van der Waals surface area contributed by atoms with Crippen LogP contribution in [-0.2, 0) is 10.7 Å². The number of hydrogen-bond donors (Lipinski definition) is 1. The second-order valence-electron chi connectivity index (χ2n) is 5.25. The van der Waals surface area contributed by atoms with E-state index in [1.165, 1.54) is 0 Å². The predicted molar refractivity (Wildman–Crippen MR) is 85.2 cm³/mol. The molecular weight excluding hydrogens is 333 g/mol. The molecule has 1 fully saturated rings. The Morgan fingerprint density at radius 1 is 1.43 bits per heavy atom. The quantitative estimate of drug-likeness (QED) is 0.853. The summed E-state index contributed by atoms with van der Waals surface area (Å²) in [6, 6.07) is 3.33. The molecule has 1 atom stereocenters. The summed E-state index contributed by atoms with van der Waals surface area (Å²) in [5.41, 5.74) is 1.45. The lowest BCUT2D eigenvalue weighted by atomic mass is 10.2. The molecule has 1 aliphatic carbocycles. The van der Waals surface area contributed by atoms with Gasteiger partial charge in [-0.15, -0.1) is 11.6 Å². The van der Waals surface area contributed by atoms with E-state index in [4.69, 9.17) is 34.8 Å². The van der Waals surface area contributed by atoms with Crippen molar-refractivity contribution in [3.8, 4) is 0 Å². The number of amides is 1. The molecule has 1 aromatic heterocycles. The van der Waals surface area contributed by atoms with Gasteiger partial charge in [0, 0.05) is 6.04 Å². The molecule has 112 valence electrons. The Hall–Kier alpha value is -0.970. The number of rotatable bonds is 4. The lowest BCUT2D eigenvalue weighted by Gasteiger charge is -2.16. The van der Waals surface area contributed by atoms with Crippen LogP contribution in [0.4, 0.5) is 0 Å². The highest BCUT2D eigenvalue weighted by Gasteiger charge is 2.28. The molecule has 0 spiro atoms. The second-order valence-corrected chi connectivity index (χ2v) is 6.33. The third-order valence-electron chi connectivity index (χ3n) is 3.61. The number of nitrogens with one attached hydrogen (secondary N) is 1. The zero-order valence-corrected chi connectivity index (χ0v) is 13.6. The van der Waals surface area contributed by atoms with Crippen molar-refractivity contribution in [3.63, 3.8) is 0 Å². The second kappa shape index (κ2) is 5.67. The molecule has 21 heavy (non-hydrogen) atoms. The fraction of sp³-hybridized carbons (Fsp3) is 0.429. The third-order valence-corrected chi connectivity index (χ3v) is 4.58. The minimum absolute atomic E-state index is 0.0331. The van der Waals surface area contributed by atoms with E-state index < -0.39 is 6.04 Å². The highest BCUT2D eigenvalue weighted by Crippen LogP contribution is 2.31. The molecule has 7 heteroatoms. The fourth-order valence-electron chi connectivity index (χ4n) is 2.33. The largest absolute Gasteiger partial charge is 0.352 e. The molecular formula is C14H14Cl3N3O. The highest BCUT2D eigenvalue weighted by atomic mass is 35.5. The number of nitrogens with zero attached hydrogens (tertiary/aromatic N) is 2.